The predicted octanol–water partition coefficient (Wildman–Crippen LogP) is 1.07. The molecular formula is C15H20N2O3. The van der Waals surface area contributed by atoms with E-state index in [2.05, 4.69) is 5.32 Å². The summed E-state index contributed by atoms with van der Waals surface area (Å²) in [4.78, 5) is 23.1. The Balaban J connectivity index is 1.94. The van der Waals surface area contributed by atoms with Crippen LogP contribution in [0.5, 0.6) is 0 Å². The number of aliphatic hydroxyl groups excluding tert-OH is 1. The molecule has 0 bridgehead atoms. The Labute approximate surface area is 118 Å². The molecule has 0 spiro atoms. The summed E-state index contributed by atoms with van der Waals surface area (Å²) in [6, 6.07) is 6.32. The van der Waals surface area contributed by atoms with Gasteiger partial charge in [0.1, 0.15) is 0 Å². The maximum atomic E-state index is 12.0. The van der Waals surface area contributed by atoms with Crippen LogP contribution >= 0.6 is 0 Å². The molecule has 1 saturated carbocycles. The highest BCUT2D eigenvalue weighted by Crippen LogP contribution is 2.23. The summed E-state index contributed by atoms with van der Waals surface area (Å²) >= 11 is 0. The lowest BCUT2D eigenvalue weighted by Crippen LogP contribution is -2.36. The summed E-state index contributed by atoms with van der Waals surface area (Å²) in [5, 5.41) is 12.7. The summed E-state index contributed by atoms with van der Waals surface area (Å²) < 4.78 is 0. The summed E-state index contributed by atoms with van der Waals surface area (Å²) in [5.74, 6) is -0.680. The Morgan fingerprint density at radius 2 is 1.95 bits per heavy atom. The number of nitrogens with one attached hydrogen (secondary N) is 1. The van der Waals surface area contributed by atoms with Crippen molar-refractivity contribution in [2.24, 2.45) is 11.7 Å². The predicted molar refractivity (Wildman–Crippen MR) is 75.3 cm³/mol. The highest BCUT2D eigenvalue weighted by Gasteiger charge is 2.23. The van der Waals surface area contributed by atoms with Gasteiger partial charge >= 0.3 is 0 Å². The van der Waals surface area contributed by atoms with Crippen LogP contribution in [0.25, 0.3) is 0 Å². The van der Waals surface area contributed by atoms with Gasteiger partial charge in [-0.2, -0.15) is 0 Å². The van der Waals surface area contributed by atoms with Gasteiger partial charge in [-0.3, -0.25) is 9.59 Å². The number of primary amides is 1. The molecule has 0 aliphatic heterocycles. The van der Waals surface area contributed by atoms with E-state index in [9.17, 15) is 14.7 Å². The molecule has 0 heterocycles. The number of carbonyl (C=O) groups is 2. The Morgan fingerprint density at radius 1 is 1.25 bits per heavy atom. The first-order valence-corrected chi connectivity index (χ1v) is 6.94. The van der Waals surface area contributed by atoms with Crippen molar-refractivity contribution in [1.29, 1.82) is 0 Å². The van der Waals surface area contributed by atoms with Crippen molar-refractivity contribution < 1.29 is 14.7 Å². The zero-order valence-corrected chi connectivity index (χ0v) is 11.3. The second-order valence-corrected chi connectivity index (χ2v) is 5.27. The number of hydrogen-bond acceptors (Lipinski definition) is 3. The lowest BCUT2D eigenvalue weighted by Gasteiger charge is -2.27. The van der Waals surface area contributed by atoms with Gasteiger partial charge < -0.3 is 16.2 Å². The van der Waals surface area contributed by atoms with Crippen LogP contribution in [-0.4, -0.2) is 29.6 Å². The molecule has 1 fully saturated rings. The molecule has 1 aliphatic carbocycles. The van der Waals surface area contributed by atoms with E-state index in [-0.39, 0.29) is 17.9 Å². The molecule has 5 nitrogen and oxygen atoms in total. The molecule has 2 rings (SSSR count). The smallest absolute Gasteiger partial charge is 0.251 e. The van der Waals surface area contributed by atoms with Crippen molar-refractivity contribution in [3.63, 3.8) is 0 Å². The first-order valence-electron chi connectivity index (χ1n) is 6.94. The fraction of sp³-hybridized carbons (Fsp3) is 0.467. The number of benzene rings is 1. The Bertz CT molecular complexity index is 502. The van der Waals surface area contributed by atoms with Crippen LogP contribution in [0.2, 0.25) is 0 Å². The van der Waals surface area contributed by atoms with Gasteiger partial charge in [-0.1, -0.05) is 18.9 Å². The fourth-order valence-corrected chi connectivity index (χ4v) is 2.57. The number of amides is 2. The first kappa shape index (κ1) is 14.5. The van der Waals surface area contributed by atoms with Gasteiger partial charge in [0, 0.05) is 23.6 Å². The second-order valence-electron chi connectivity index (χ2n) is 5.27. The summed E-state index contributed by atoms with van der Waals surface area (Å²) in [7, 11) is 0. The molecule has 1 aromatic carbocycles. The van der Waals surface area contributed by atoms with Gasteiger partial charge in [-0.25, -0.2) is 0 Å². The summed E-state index contributed by atoms with van der Waals surface area (Å²) in [6.45, 7) is 0.459. The van der Waals surface area contributed by atoms with E-state index in [4.69, 9.17) is 5.73 Å². The lowest BCUT2D eigenvalue weighted by atomic mass is 9.86. The molecular weight excluding hydrogens is 256 g/mol. The summed E-state index contributed by atoms with van der Waals surface area (Å²) in [6.07, 6.45) is 3.54. The van der Waals surface area contributed by atoms with Crippen LogP contribution in [0.15, 0.2) is 24.3 Å². The van der Waals surface area contributed by atoms with E-state index in [0.717, 1.165) is 25.7 Å². The molecule has 20 heavy (non-hydrogen) atoms. The van der Waals surface area contributed by atoms with Crippen molar-refractivity contribution in [3.8, 4) is 0 Å². The first-order chi connectivity index (χ1) is 9.58. The molecule has 4 N–H and O–H groups in total. The minimum Gasteiger partial charge on any atom is -0.393 e. The van der Waals surface area contributed by atoms with Crippen molar-refractivity contribution in [1.82, 2.24) is 5.32 Å². The molecule has 1 aromatic rings. The minimum atomic E-state index is -0.553. The Hall–Kier alpha value is -1.88. The third-order valence-electron chi connectivity index (χ3n) is 3.80. The monoisotopic (exact) mass is 276 g/mol. The minimum absolute atomic E-state index is 0.118. The molecule has 2 amide bonds. The van der Waals surface area contributed by atoms with Gasteiger partial charge in [0.15, 0.2) is 0 Å². The van der Waals surface area contributed by atoms with Crippen molar-refractivity contribution in [2.45, 2.75) is 31.8 Å². The average Bonchev–Trinajstić information content (AvgIpc) is 2.46. The van der Waals surface area contributed by atoms with Gasteiger partial charge in [0.25, 0.3) is 5.91 Å². The van der Waals surface area contributed by atoms with Crippen LogP contribution < -0.4 is 11.1 Å². The lowest BCUT2D eigenvalue weighted by molar-refractivity contribution is 0.0663. The SMILES string of the molecule is NC(=O)c1cccc(C(=O)NCC2CCCCC2O)c1. The van der Waals surface area contributed by atoms with Gasteiger partial charge in [-0.05, 0) is 31.0 Å². The van der Waals surface area contributed by atoms with Crippen molar-refractivity contribution in [2.75, 3.05) is 6.54 Å². The third kappa shape index (κ3) is 3.57. The van der Waals surface area contributed by atoms with Crippen LogP contribution in [0.3, 0.4) is 0 Å². The molecule has 2 unspecified atom stereocenters. The molecule has 0 saturated heterocycles. The van der Waals surface area contributed by atoms with E-state index >= 15 is 0 Å². The molecule has 1 aliphatic rings. The summed E-state index contributed by atoms with van der Waals surface area (Å²) in [5.41, 5.74) is 5.91. The molecule has 0 aromatic heterocycles. The zero-order valence-electron chi connectivity index (χ0n) is 11.3. The van der Waals surface area contributed by atoms with Gasteiger partial charge in [0.2, 0.25) is 5.91 Å². The zero-order chi connectivity index (χ0) is 14.5. The quantitative estimate of drug-likeness (QED) is 0.768. The molecule has 108 valence electrons. The second kappa shape index (κ2) is 6.52. The van der Waals surface area contributed by atoms with Crippen LogP contribution in [0, 0.1) is 5.92 Å². The largest absolute Gasteiger partial charge is 0.393 e. The molecule has 2 atom stereocenters. The van der Waals surface area contributed by atoms with Crippen molar-refractivity contribution >= 4 is 11.8 Å². The van der Waals surface area contributed by atoms with Crippen LogP contribution in [0.1, 0.15) is 46.4 Å². The third-order valence-corrected chi connectivity index (χ3v) is 3.80. The Morgan fingerprint density at radius 3 is 2.65 bits per heavy atom. The van der Waals surface area contributed by atoms with E-state index in [1.54, 1.807) is 18.2 Å². The number of aliphatic hydroxyl groups is 1. The fourth-order valence-electron chi connectivity index (χ4n) is 2.57. The number of nitrogens with two attached hydrogens (primary N) is 1. The maximum absolute atomic E-state index is 12.0. The van der Waals surface area contributed by atoms with Gasteiger partial charge in [-0.15, -0.1) is 0 Å². The highest BCUT2D eigenvalue weighted by molar-refractivity contribution is 5.99. The molecule has 0 radical (unpaired) electrons. The highest BCUT2D eigenvalue weighted by atomic mass is 16.3. The number of rotatable bonds is 4. The van der Waals surface area contributed by atoms with Crippen LogP contribution in [0.4, 0.5) is 0 Å². The number of hydrogen-bond donors (Lipinski definition) is 3. The Kier molecular flexibility index (Phi) is 4.74. The van der Waals surface area contributed by atoms with E-state index in [1.807, 2.05) is 0 Å². The van der Waals surface area contributed by atoms with E-state index in [1.165, 1.54) is 6.07 Å². The number of carbonyl (C=O) groups excluding carboxylic acids is 2. The van der Waals surface area contributed by atoms with E-state index < -0.39 is 5.91 Å². The topological polar surface area (TPSA) is 92.4 Å². The van der Waals surface area contributed by atoms with Crippen LogP contribution in [-0.2, 0) is 0 Å². The normalized spacial score (nSPS) is 22.2. The standard InChI is InChI=1S/C15H20N2O3/c16-14(19)10-5-3-6-11(8-10)15(20)17-9-12-4-1-2-7-13(12)18/h3,5-6,8,12-13,18H,1-2,4,7,9H2,(H2,16,19)(H,17,20). The molecule has 5 heteroatoms. The van der Waals surface area contributed by atoms with Gasteiger partial charge in [0.05, 0.1) is 6.10 Å². The average molecular weight is 276 g/mol. The van der Waals surface area contributed by atoms with Crippen molar-refractivity contribution in [3.05, 3.63) is 35.4 Å². The van der Waals surface area contributed by atoms with E-state index in [0.29, 0.717) is 17.7 Å². The maximum Gasteiger partial charge on any atom is 0.251 e.